The number of benzene rings is 1. The number of nitrogens with two attached hydrogens (primary N) is 1. The van der Waals surface area contributed by atoms with Crippen LogP contribution in [0.3, 0.4) is 0 Å². The van der Waals surface area contributed by atoms with E-state index in [1.165, 1.54) is 0 Å². The summed E-state index contributed by atoms with van der Waals surface area (Å²) in [7, 11) is 1.78. The van der Waals surface area contributed by atoms with Crippen LogP contribution in [0.25, 0.3) is 0 Å². The van der Waals surface area contributed by atoms with Crippen LogP contribution in [0, 0.1) is 0 Å². The quantitative estimate of drug-likeness (QED) is 0.806. The van der Waals surface area contributed by atoms with Gasteiger partial charge in [-0.1, -0.05) is 12.1 Å². The molecule has 2 aromatic rings. The third-order valence-electron chi connectivity index (χ3n) is 2.51. The first-order chi connectivity index (χ1) is 8.69. The number of hydrogen-bond donors (Lipinski definition) is 2. The summed E-state index contributed by atoms with van der Waals surface area (Å²) in [6.45, 7) is 0.790. The van der Waals surface area contributed by atoms with Gasteiger partial charge in [0, 0.05) is 19.2 Å². The molecule has 2 rings (SSSR count). The van der Waals surface area contributed by atoms with Gasteiger partial charge in [-0.3, -0.25) is 9.48 Å². The third kappa shape index (κ3) is 2.92. The Morgan fingerprint density at radius 1 is 1.39 bits per heavy atom. The number of carbonyl (C=O) groups is 1. The number of hydrogen-bond acceptors (Lipinski definition) is 4. The van der Waals surface area contributed by atoms with Crippen molar-refractivity contribution in [1.29, 1.82) is 0 Å². The van der Waals surface area contributed by atoms with Crippen molar-refractivity contribution in [1.82, 2.24) is 20.1 Å². The maximum atomic E-state index is 11.8. The zero-order valence-corrected chi connectivity index (χ0v) is 10.1. The van der Waals surface area contributed by atoms with Gasteiger partial charge in [0.05, 0.1) is 6.54 Å². The van der Waals surface area contributed by atoms with Crippen molar-refractivity contribution in [3.05, 3.63) is 47.5 Å². The molecule has 18 heavy (non-hydrogen) atoms. The zero-order chi connectivity index (χ0) is 13.0. The first kappa shape index (κ1) is 12.3. The van der Waals surface area contributed by atoms with E-state index in [-0.39, 0.29) is 5.91 Å². The van der Waals surface area contributed by atoms with Gasteiger partial charge in [-0.2, -0.15) is 5.10 Å². The van der Waals surface area contributed by atoms with Crippen molar-refractivity contribution in [2.24, 2.45) is 12.8 Å². The van der Waals surface area contributed by atoms with E-state index in [4.69, 9.17) is 5.73 Å². The molecule has 0 atom stereocenters. The second kappa shape index (κ2) is 5.42. The Morgan fingerprint density at radius 3 is 2.67 bits per heavy atom. The van der Waals surface area contributed by atoms with Crippen LogP contribution in [0.2, 0.25) is 0 Å². The lowest BCUT2D eigenvalue weighted by Crippen LogP contribution is -2.23. The normalized spacial score (nSPS) is 10.3. The minimum Gasteiger partial charge on any atom is -0.345 e. The molecule has 0 aliphatic carbocycles. The molecule has 1 aromatic heterocycles. The molecule has 1 heterocycles. The lowest BCUT2D eigenvalue weighted by molar-refractivity contribution is 0.0950. The Balaban J connectivity index is 1.94. The van der Waals surface area contributed by atoms with Gasteiger partial charge in [0.15, 0.2) is 5.82 Å². The highest BCUT2D eigenvalue weighted by Gasteiger charge is 2.06. The lowest BCUT2D eigenvalue weighted by Gasteiger charge is -2.03. The summed E-state index contributed by atoms with van der Waals surface area (Å²) >= 11 is 0. The highest BCUT2D eigenvalue weighted by Crippen LogP contribution is 2.03. The Hall–Kier alpha value is -2.21. The molecule has 0 saturated heterocycles. The number of rotatable bonds is 4. The van der Waals surface area contributed by atoms with E-state index in [1.54, 1.807) is 30.2 Å². The molecule has 0 fully saturated rings. The van der Waals surface area contributed by atoms with E-state index >= 15 is 0 Å². The largest absolute Gasteiger partial charge is 0.345 e. The van der Waals surface area contributed by atoms with Crippen LogP contribution in [0.4, 0.5) is 0 Å². The summed E-state index contributed by atoms with van der Waals surface area (Å²) in [5.74, 6) is 0.440. The number of aryl methyl sites for hydroxylation is 1. The van der Waals surface area contributed by atoms with Crippen molar-refractivity contribution in [3.8, 4) is 0 Å². The number of carbonyl (C=O) groups excluding carboxylic acids is 1. The predicted molar refractivity (Wildman–Crippen MR) is 66.5 cm³/mol. The van der Waals surface area contributed by atoms with Crippen LogP contribution >= 0.6 is 0 Å². The molecule has 0 saturated carbocycles. The van der Waals surface area contributed by atoms with Crippen LogP contribution in [-0.4, -0.2) is 20.7 Å². The van der Waals surface area contributed by atoms with E-state index in [0.717, 1.165) is 5.56 Å². The van der Waals surface area contributed by atoms with E-state index < -0.39 is 0 Å². The van der Waals surface area contributed by atoms with Crippen LogP contribution in [0.1, 0.15) is 21.7 Å². The van der Waals surface area contributed by atoms with Crippen molar-refractivity contribution < 1.29 is 4.79 Å². The van der Waals surface area contributed by atoms with Crippen LogP contribution in [0.5, 0.6) is 0 Å². The SMILES string of the molecule is Cn1cnc(CNC(=O)c2ccc(CN)cc2)n1. The van der Waals surface area contributed by atoms with Gasteiger partial charge in [0.2, 0.25) is 0 Å². The second-order valence-electron chi connectivity index (χ2n) is 3.92. The fourth-order valence-electron chi connectivity index (χ4n) is 1.52. The predicted octanol–water partition coefficient (Wildman–Crippen LogP) is 0.204. The Bertz CT molecular complexity index is 532. The summed E-state index contributed by atoms with van der Waals surface area (Å²) in [5, 5.41) is 6.84. The van der Waals surface area contributed by atoms with E-state index in [9.17, 15) is 4.79 Å². The minimum absolute atomic E-state index is 0.147. The standard InChI is InChI=1S/C12H15N5O/c1-17-8-15-11(16-17)7-14-12(18)10-4-2-9(6-13)3-5-10/h2-5,8H,6-7,13H2,1H3,(H,14,18). The molecule has 0 radical (unpaired) electrons. The van der Waals surface area contributed by atoms with E-state index in [0.29, 0.717) is 24.5 Å². The fourth-order valence-corrected chi connectivity index (χ4v) is 1.52. The molecule has 0 bridgehead atoms. The number of amides is 1. The Morgan fingerprint density at radius 2 is 2.11 bits per heavy atom. The number of nitrogens with zero attached hydrogens (tertiary/aromatic N) is 3. The molecule has 3 N–H and O–H groups in total. The van der Waals surface area contributed by atoms with Gasteiger partial charge < -0.3 is 11.1 Å². The van der Waals surface area contributed by atoms with Gasteiger partial charge in [-0.25, -0.2) is 4.98 Å². The zero-order valence-electron chi connectivity index (χ0n) is 10.1. The van der Waals surface area contributed by atoms with Crippen molar-refractivity contribution in [2.75, 3.05) is 0 Å². The summed E-state index contributed by atoms with van der Waals surface area (Å²) in [6, 6.07) is 7.19. The monoisotopic (exact) mass is 245 g/mol. The molecule has 0 aliphatic rings. The highest BCUT2D eigenvalue weighted by atomic mass is 16.1. The highest BCUT2D eigenvalue weighted by molar-refractivity contribution is 5.94. The summed E-state index contributed by atoms with van der Waals surface area (Å²) in [4.78, 5) is 15.8. The van der Waals surface area contributed by atoms with Crippen molar-refractivity contribution in [2.45, 2.75) is 13.1 Å². The van der Waals surface area contributed by atoms with Crippen LogP contribution in [0.15, 0.2) is 30.6 Å². The maximum absolute atomic E-state index is 11.8. The molecule has 1 amide bonds. The molecule has 94 valence electrons. The Kier molecular flexibility index (Phi) is 3.69. The van der Waals surface area contributed by atoms with Crippen molar-refractivity contribution in [3.63, 3.8) is 0 Å². The number of nitrogens with one attached hydrogen (secondary N) is 1. The molecule has 6 nitrogen and oxygen atoms in total. The first-order valence-corrected chi connectivity index (χ1v) is 5.61. The summed E-state index contributed by atoms with van der Waals surface area (Å²) < 4.78 is 1.59. The van der Waals surface area contributed by atoms with Gasteiger partial charge in [0.25, 0.3) is 5.91 Å². The minimum atomic E-state index is -0.147. The van der Waals surface area contributed by atoms with Gasteiger partial charge in [-0.05, 0) is 17.7 Å². The van der Waals surface area contributed by atoms with Gasteiger partial charge in [0.1, 0.15) is 6.33 Å². The average molecular weight is 245 g/mol. The third-order valence-corrected chi connectivity index (χ3v) is 2.51. The maximum Gasteiger partial charge on any atom is 0.251 e. The topological polar surface area (TPSA) is 85.8 Å². The smallest absolute Gasteiger partial charge is 0.251 e. The molecular formula is C12H15N5O. The molecule has 0 aliphatic heterocycles. The second-order valence-corrected chi connectivity index (χ2v) is 3.92. The van der Waals surface area contributed by atoms with Crippen LogP contribution in [-0.2, 0) is 20.1 Å². The molecule has 1 aromatic carbocycles. The Labute approximate surface area is 105 Å². The summed E-state index contributed by atoms with van der Waals surface area (Å²) in [5.41, 5.74) is 7.09. The molecule has 0 spiro atoms. The molecule has 6 heteroatoms. The first-order valence-electron chi connectivity index (χ1n) is 5.61. The van der Waals surface area contributed by atoms with E-state index in [1.807, 2.05) is 12.1 Å². The molecular weight excluding hydrogens is 230 g/mol. The lowest BCUT2D eigenvalue weighted by atomic mass is 10.1. The van der Waals surface area contributed by atoms with Gasteiger partial charge in [-0.15, -0.1) is 0 Å². The number of aromatic nitrogens is 3. The van der Waals surface area contributed by atoms with Crippen LogP contribution < -0.4 is 11.1 Å². The fraction of sp³-hybridized carbons (Fsp3) is 0.250. The molecule has 0 unspecified atom stereocenters. The average Bonchev–Trinajstić information content (AvgIpc) is 2.82. The van der Waals surface area contributed by atoms with Crippen molar-refractivity contribution >= 4 is 5.91 Å². The van der Waals surface area contributed by atoms with Gasteiger partial charge >= 0.3 is 0 Å². The van der Waals surface area contributed by atoms with E-state index in [2.05, 4.69) is 15.4 Å². The summed E-state index contributed by atoms with van der Waals surface area (Å²) in [6.07, 6.45) is 1.59.